The summed E-state index contributed by atoms with van der Waals surface area (Å²) in [6, 6.07) is 7.91. The van der Waals surface area contributed by atoms with Crippen LogP contribution in [0.2, 0.25) is 10.0 Å². The minimum atomic E-state index is -3.64. The van der Waals surface area contributed by atoms with E-state index in [9.17, 15) is 8.42 Å². The Morgan fingerprint density at radius 3 is 2.40 bits per heavy atom. The van der Waals surface area contributed by atoms with Crippen molar-refractivity contribution in [2.24, 2.45) is 0 Å². The van der Waals surface area contributed by atoms with Gasteiger partial charge in [0.2, 0.25) is 0 Å². The first-order valence-electron chi connectivity index (χ1n) is 5.58. The summed E-state index contributed by atoms with van der Waals surface area (Å²) in [4.78, 5) is 0. The van der Waals surface area contributed by atoms with Gasteiger partial charge in [-0.25, -0.2) is 8.42 Å². The number of sulfonamides is 1. The number of nitrogens with zero attached hydrogens (tertiary/aromatic N) is 1. The largest absolute Gasteiger partial charge is 0.274 e. The van der Waals surface area contributed by atoms with E-state index in [2.05, 4.69) is 6.58 Å². The van der Waals surface area contributed by atoms with Crippen molar-refractivity contribution < 1.29 is 8.42 Å². The Labute approximate surface area is 132 Å². The lowest BCUT2D eigenvalue weighted by molar-refractivity contribution is 0.595. The standard InChI is InChI=1S/C13H11Cl2NO2S2/c1-2-5-16(12-8-10(14)7-11(15)9-12)20(17,18)13-4-3-6-19-13/h2-4,6-9H,1,5H2. The van der Waals surface area contributed by atoms with Crippen LogP contribution in [0.3, 0.4) is 0 Å². The molecule has 0 amide bonds. The average molecular weight is 348 g/mol. The Morgan fingerprint density at radius 1 is 1.25 bits per heavy atom. The van der Waals surface area contributed by atoms with E-state index in [0.29, 0.717) is 15.7 Å². The number of halogens is 2. The van der Waals surface area contributed by atoms with Crippen LogP contribution in [0, 0.1) is 0 Å². The Balaban J connectivity index is 2.54. The molecule has 20 heavy (non-hydrogen) atoms. The molecule has 0 fully saturated rings. The number of hydrogen-bond donors (Lipinski definition) is 0. The van der Waals surface area contributed by atoms with E-state index in [1.54, 1.807) is 35.7 Å². The fourth-order valence-corrected chi connectivity index (χ4v) is 4.70. The molecule has 0 aliphatic heterocycles. The molecular weight excluding hydrogens is 337 g/mol. The predicted molar refractivity (Wildman–Crippen MR) is 85.5 cm³/mol. The summed E-state index contributed by atoms with van der Waals surface area (Å²) in [5, 5.41) is 2.47. The maximum atomic E-state index is 12.6. The molecule has 0 saturated carbocycles. The van der Waals surface area contributed by atoms with Crippen LogP contribution in [-0.4, -0.2) is 15.0 Å². The van der Waals surface area contributed by atoms with Crippen molar-refractivity contribution in [3.8, 4) is 0 Å². The molecule has 0 aliphatic carbocycles. The number of hydrogen-bond acceptors (Lipinski definition) is 3. The molecule has 106 valence electrons. The molecule has 3 nitrogen and oxygen atoms in total. The number of anilines is 1. The molecule has 0 aliphatic rings. The molecule has 0 radical (unpaired) electrons. The van der Waals surface area contributed by atoms with Crippen LogP contribution in [0.5, 0.6) is 0 Å². The Kier molecular flexibility index (Phi) is 4.75. The van der Waals surface area contributed by atoms with Crippen LogP contribution in [0.15, 0.2) is 52.6 Å². The first-order valence-corrected chi connectivity index (χ1v) is 8.66. The second-order valence-corrected chi connectivity index (χ2v) is 7.79. The molecule has 7 heteroatoms. The third kappa shape index (κ3) is 3.17. The highest BCUT2D eigenvalue weighted by atomic mass is 35.5. The van der Waals surface area contributed by atoms with Crippen molar-refractivity contribution in [2.75, 3.05) is 10.8 Å². The zero-order chi connectivity index (χ0) is 14.8. The van der Waals surface area contributed by atoms with Crippen LogP contribution < -0.4 is 4.31 Å². The van der Waals surface area contributed by atoms with E-state index in [-0.39, 0.29) is 10.8 Å². The molecular formula is C13H11Cl2NO2S2. The van der Waals surface area contributed by atoms with Gasteiger partial charge in [0, 0.05) is 10.0 Å². The van der Waals surface area contributed by atoms with E-state index < -0.39 is 10.0 Å². The van der Waals surface area contributed by atoms with Gasteiger partial charge in [0.15, 0.2) is 0 Å². The van der Waals surface area contributed by atoms with E-state index in [1.807, 2.05) is 0 Å². The summed E-state index contributed by atoms with van der Waals surface area (Å²) in [7, 11) is -3.64. The van der Waals surface area contributed by atoms with Gasteiger partial charge in [-0.05, 0) is 29.6 Å². The number of rotatable bonds is 5. The minimum absolute atomic E-state index is 0.136. The third-order valence-corrected chi connectivity index (χ3v) is 6.07. The first-order chi connectivity index (χ1) is 9.45. The van der Waals surface area contributed by atoms with Crippen molar-refractivity contribution in [3.63, 3.8) is 0 Å². The van der Waals surface area contributed by atoms with Gasteiger partial charge < -0.3 is 0 Å². The normalized spacial score (nSPS) is 11.3. The quantitative estimate of drug-likeness (QED) is 0.750. The molecule has 0 N–H and O–H groups in total. The molecule has 2 rings (SSSR count). The van der Waals surface area contributed by atoms with Crippen molar-refractivity contribution >= 4 is 50.2 Å². The Hall–Kier alpha value is -1.01. The van der Waals surface area contributed by atoms with Gasteiger partial charge in [-0.1, -0.05) is 35.3 Å². The lowest BCUT2D eigenvalue weighted by atomic mass is 10.3. The predicted octanol–water partition coefficient (Wildman–Crippen LogP) is 4.44. The van der Waals surface area contributed by atoms with E-state index in [0.717, 1.165) is 11.3 Å². The highest BCUT2D eigenvalue weighted by Crippen LogP contribution is 2.30. The maximum absolute atomic E-state index is 12.6. The van der Waals surface area contributed by atoms with Crippen molar-refractivity contribution in [1.29, 1.82) is 0 Å². The second-order valence-electron chi connectivity index (χ2n) is 3.88. The SMILES string of the molecule is C=CCN(c1cc(Cl)cc(Cl)c1)S(=O)(=O)c1cccs1. The van der Waals surface area contributed by atoms with Crippen molar-refractivity contribution in [1.82, 2.24) is 0 Å². The van der Waals surface area contributed by atoms with Gasteiger partial charge in [0.1, 0.15) is 4.21 Å². The van der Waals surface area contributed by atoms with Crippen LogP contribution in [0.25, 0.3) is 0 Å². The topological polar surface area (TPSA) is 37.4 Å². The molecule has 1 heterocycles. The smallest absolute Gasteiger partial charge is 0.262 e. The van der Waals surface area contributed by atoms with E-state index >= 15 is 0 Å². The summed E-state index contributed by atoms with van der Waals surface area (Å²) in [6.07, 6.45) is 1.51. The van der Waals surface area contributed by atoms with E-state index in [1.165, 1.54) is 10.4 Å². The highest BCUT2D eigenvalue weighted by molar-refractivity contribution is 7.94. The second kappa shape index (κ2) is 6.18. The first kappa shape index (κ1) is 15.4. The van der Waals surface area contributed by atoms with Gasteiger partial charge in [-0.15, -0.1) is 17.9 Å². The summed E-state index contributed by atoms with van der Waals surface area (Å²) in [5.74, 6) is 0. The Bertz CT molecular complexity index is 692. The van der Waals surface area contributed by atoms with Gasteiger partial charge >= 0.3 is 0 Å². The van der Waals surface area contributed by atoms with E-state index in [4.69, 9.17) is 23.2 Å². The van der Waals surface area contributed by atoms with Gasteiger partial charge in [-0.3, -0.25) is 4.31 Å². The molecule has 0 atom stereocenters. The third-order valence-electron chi connectivity index (χ3n) is 2.47. The number of thiophene rings is 1. The zero-order valence-electron chi connectivity index (χ0n) is 10.3. The minimum Gasteiger partial charge on any atom is -0.262 e. The maximum Gasteiger partial charge on any atom is 0.274 e. The van der Waals surface area contributed by atoms with Gasteiger partial charge in [0.05, 0.1) is 12.2 Å². The summed E-state index contributed by atoms with van der Waals surface area (Å²) in [5.41, 5.74) is 0.413. The summed E-state index contributed by atoms with van der Waals surface area (Å²) < 4.78 is 26.7. The number of benzene rings is 1. The molecule has 1 aromatic carbocycles. The van der Waals surface area contributed by atoms with Crippen LogP contribution in [0.1, 0.15) is 0 Å². The van der Waals surface area contributed by atoms with Crippen LogP contribution in [0.4, 0.5) is 5.69 Å². The van der Waals surface area contributed by atoms with Crippen LogP contribution >= 0.6 is 34.5 Å². The van der Waals surface area contributed by atoms with Crippen molar-refractivity contribution in [2.45, 2.75) is 4.21 Å². The average Bonchev–Trinajstić information content (AvgIpc) is 2.88. The molecule has 0 spiro atoms. The molecule has 0 bridgehead atoms. The van der Waals surface area contributed by atoms with Gasteiger partial charge in [-0.2, -0.15) is 0 Å². The monoisotopic (exact) mass is 347 g/mol. The van der Waals surface area contributed by atoms with Crippen LogP contribution in [-0.2, 0) is 10.0 Å². The molecule has 2 aromatic rings. The van der Waals surface area contributed by atoms with Crippen molar-refractivity contribution in [3.05, 3.63) is 58.4 Å². The fourth-order valence-electron chi connectivity index (χ4n) is 1.66. The zero-order valence-corrected chi connectivity index (χ0v) is 13.4. The molecule has 0 saturated heterocycles. The van der Waals surface area contributed by atoms with Gasteiger partial charge in [0.25, 0.3) is 10.0 Å². The summed E-state index contributed by atoms with van der Waals surface area (Å²) >= 11 is 13.0. The fraction of sp³-hybridized carbons (Fsp3) is 0.0769. The lowest BCUT2D eigenvalue weighted by Crippen LogP contribution is -2.30. The molecule has 0 unspecified atom stereocenters. The Morgan fingerprint density at radius 2 is 1.90 bits per heavy atom. The highest BCUT2D eigenvalue weighted by Gasteiger charge is 2.25. The molecule has 1 aromatic heterocycles. The summed E-state index contributed by atoms with van der Waals surface area (Å²) in [6.45, 7) is 3.73. The lowest BCUT2D eigenvalue weighted by Gasteiger charge is -2.22.